The Balaban J connectivity index is 1.81. The first-order valence-corrected chi connectivity index (χ1v) is 12.0. The molecule has 0 saturated carbocycles. The molecule has 0 aliphatic carbocycles. The molecule has 2 heteroatoms. The van der Waals surface area contributed by atoms with Crippen molar-refractivity contribution < 1.29 is 0 Å². The van der Waals surface area contributed by atoms with Gasteiger partial charge in [-0.3, -0.25) is 0 Å². The SMILES string of the molecule is c1csc(-c2[se]c(-c3c4ccccc4cc4ccccc34)c3ccccc23)c1. The monoisotopic (exact) mass is 440 g/mol. The van der Waals surface area contributed by atoms with Crippen molar-refractivity contribution in [3.05, 3.63) is 96.4 Å². The molecule has 4 aromatic carbocycles. The van der Waals surface area contributed by atoms with Crippen LogP contribution in [0.1, 0.15) is 0 Å². The van der Waals surface area contributed by atoms with Crippen LogP contribution in [0.3, 0.4) is 0 Å². The second kappa shape index (κ2) is 6.46. The minimum absolute atomic E-state index is 0.279. The van der Waals surface area contributed by atoms with Crippen molar-refractivity contribution in [1.29, 1.82) is 0 Å². The van der Waals surface area contributed by atoms with E-state index in [1.807, 2.05) is 11.3 Å². The van der Waals surface area contributed by atoms with E-state index in [0.29, 0.717) is 0 Å². The summed E-state index contributed by atoms with van der Waals surface area (Å²) in [6.07, 6.45) is 0. The number of hydrogen-bond donors (Lipinski definition) is 0. The molecule has 0 nitrogen and oxygen atoms in total. The Labute approximate surface area is 173 Å². The fourth-order valence-corrected chi connectivity index (χ4v) is 7.99. The Bertz CT molecular complexity index is 1400. The summed E-state index contributed by atoms with van der Waals surface area (Å²) < 4.78 is 3.03. The van der Waals surface area contributed by atoms with Gasteiger partial charge in [0.15, 0.2) is 0 Å². The van der Waals surface area contributed by atoms with Gasteiger partial charge in [0.25, 0.3) is 0 Å². The predicted octanol–water partition coefficient (Wildman–Crippen LogP) is 7.60. The number of hydrogen-bond acceptors (Lipinski definition) is 1. The van der Waals surface area contributed by atoms with E-state index in [2.05, 4.69) is 96.4 Å². The second-order valence-corrected chi connectivity index (χ2v) is 10.1. The standard InChI is InChI=1S/C26H16SSe/c1-3-10-19-17(8-1)16-18-9-2-4-11-20(18)24(19)26-22-13-6-5-12-21(22)25(28-26)23-14-7-15-27-23/h1-16H. The van der Waals surface area contributed by atoms with Gasteiger partial charge in [-0.15, -0.1) is 0 Å². The molecule has 2 heterocycles. The summed E-state index contributed by atoms with van der Waals surface area (Å²) in [5.41, 5.74) is 1.42. The van der Waals surface area contributed by atoms with Crippen molar-refractivity contribution in [2.24, 2.45) is 0 Å². The van der Waals surface area contributed by atoms with Crippen LogP contribution in [-0.4, -0.2) is 14.5 Å². The second-order valence-electron chi connectivity index (χ2n) is 6.98. The van der Waals surface area contributed by atoms with Gasteiger partial charge in [0.2, 0.25) is 0 Å². The Morgan fingerprint density at radius 1 is 0.536 bits per heavy atom. The molecule has 132 valence electrons. The maximum atomic E-state index is 2.33. The quantitative estimate of drug-likeness (QED) is 0.193. The van der Waals surface area contributed by atoms with E-state index >= 15 is 0 Å². The molecule has 0 saturated heterocycles. The van der Waals surface area contributed by atoms with Gasteiger partial charge in [0.1, 0.15) is 0 Å². The average molecular weight is 439 g/mol. The van der Waals surface area contributed by atoms with E-state index in [-0.39, 0.29) is 14.5 Å². The molecule has 0 aliphatic heterocycles. The van der Waals surface area contributed by atoms with Crippen molar-refractivity contribution >= 4 is 58.2 Å². The van der Waals surface area contributed by atoms with E-state index in [9.17, 15) is 0 Å². The first kappa shape index (κ1) is 16.3. The Kier molecular flexibility index (Phi) is 3.77. The summed E-state index contributed by atoms with van der Waals surface area (Å²) in [5, 5.41) is 10.4. The van der Waals surface area contributed by atoms with Crippen LogP contribution in [0.15, 0.2) is 96.4 Å². The molecule has 0 spiro atoms. The van der Waals surface area contributed by atoms with Gasteiger partial charge in [0, 0.05) is 0 Å². The molecule has 0 bridgehead atoms. The van der Waals surface area contributed by atoms with Crippen LogP contribution in [0.4, 0.5) is 0 Å². The van der Waals surface area contributed by atoms with Gasteiger partial charge in [-0.1, -0.05) is 0 Å². The number of rotatable bonds is 2. The first-order chi connectivity index (χ1) is 13.9. The topological polar surface area (TPSA) is 0 Å². The molecule has 0 radical (unpaired) electrons. The zero-order valence-electron chi connectivity index (χ0n) is 15.1. The Hall–Kier alpha value is -2.64. The summed E-state index contributed by atoms with van der Waals surface area (Å²) in [6, 6.07) is 33.4. The third kappa shape index (κ3) is 2.43. The molecule has 0 amide bonds. The summed E-state index contributed by atoms with van der Waals surface area (Å²) in [5.74, 6) is 0. The molecule has 6 aromatic rings. The van der Waals surface area contributed by atoms with Crippen LogP contribution in [0.25, 0.3) is 51.6 Å². The molecule has 0 atom stereocenters. The third-order valence-corrected chi connectivity index (χ3v) is 9.21. The fraction of sp³-hybridized carbons (Fsp3) is 0. The van der Waals surface area contributed by atoms with Crippen molar-refractivity contribution in [3.63, 3.8) is 0 Å². The number of fused-ring (bicyclic) bond motifs is 3. The fourth-order valence-electron chi connectivity index (χ4n) is 4.13. The Morgan fingerprint density at radius 3 is 1.71 bits per heavy atom. The van der Waals surface area contributed by atoms with Gasteiger partial charge in [-0.2, -0.15) is 0 Å². The van der Waals surface area contributed by atoms with Crippen molar-refractivity contribution in [2.45, 2.75) is 0 Å². The van der Waals surface area contributed by atoms with E-state index in [4.69, 9.17) is 0 Å². The normalized spacial score (nSPS) is 11.6. The van der Waals surface area contributed by atoms with Crippen LogP contribution in [0.5, 0.6) is 0 Å². The molecule has 2 aromatic heterocycles. The zero-order valence-corrected chi connectivity index (χ0v) is 17.6. The predicted molar refractivity (Wildman–Crippen MR) is 125 cm³/mol. The molecule has 0 unspecified atom stereocenters. The summed E-state index contributed by atoms with van der Waals surface area (Å²) >= 11 is 2.13. The van der Waals surface area contributed by atoms with Crippen LogP contribution in [-0.2, 0) is 0 Å². The Morgan fingerprint density at radius 2 is 1.11 bits per heavy atom. The molecular weight excluding hydrogens is 423 g/mol. The summed E-state index contributed by atoms with van der Waals surface area (Å²) in [4.78, 5) is 1.41. The van der Waals surface area contributed by atoms with Crippen LogP contribution in [0, 0.1) is 0 Å². The van der Waals surface area contributed by atoms with Crippen LogP contribution in [0.2, 0.25) is 0 Å². The zero-order chi connectivity index (χ0) is 18.5. The third-order valence-electron chi connectivity index (χ3n) is 5.36. The van der Waals surface area contributed by atoms with Crippen LogP contribution >= 0.6 is 11.3 Å². The van der Waals surface area contributed by atoms with Crippen molar-refractivity contribution in [2.75, 3.05) is 0 Å². The molecule has 0 N–H and O–H groups in total. The van der Waals surface area contributed by atoms with E-state index < -0.39 is 0 Å². The van der Waals surface area contributed by atoms with Crippen LogP contribution < -0.4 is 0 Å². The van der Waals surface area contributed by atoms with Crippen molar-refractivity contribution in [1.82, 2.24) is 0 Å². The molecule has 28 heavy (non-hydrogen) atoms. The van der Waals surface area contributed by atoms with Gasteiger partial charge >= 0.3 is 174 Å². The molecular formula is C26H16SSe. The van der Waals surface area contributed by atoms with E-state index in [1.54, 1.807) is 0 Å². The molecule has 0 aliphatic rings. The number of benzene rings is 4. The summed E-state index contributed by atoms with van der Waals surface area (Å²) in [7, 11) is 0. The summed E-state index contributed by atoms with van der Waals surface area (Å²) in [6.45, 7) is 0. The molecule has 0 fully saturated rings. The molecule has 6 rings (SSSR count). The van der Waals surface area contributed by atoms with Gasteiger partial charge in [0.05, 0.1) is 0 Å². The van der Waals surface area contributed by atoms with Gasteiger partial charge in [-0.25, -0.2) is 0 Å². The van der Waals surface area contributed by atoms with Crippen molar-refractivity contribution in [3.8, 4) is 19.3 Å². The number of thiophene rings is 1. The average Bonchev–Trinajstić information content (AvgIpc) is 3.40. The minimum atomic E-state index is 0.279. The van der Waals surface area contributed by atoms with Gasteiger partial charge < -0.3 is 0 Å². The van der Waals surface area contributed by atoms with E-state index in [1.165, 1.54) is 51.6 Å². The first-order valence-electron chi connectivity index (χ1n) is 9.36. The maximum absolute atomic E-state index is 2.33. The van der Waals surface area contributed by atoms with Gasteiger partial charge in [-0.05, 0) is 0 Å². The van der Waals surface area contributed by atoms with E-state index in [0.717, 1.165) is 0 Å².